The van der Waals surface area contributed by atoms with Crippen LogP contribution in [-0.4, -0.2) is 42.9 Å². The van der Waals surface area contributed by atoms with Crippen LogP contribution in [0.3, 0.4) is 0 Å². The van der Waals surface area contributed by atoms with Crippen molar-refractivity contribution in [1.29, 1.82) is 0 Å². The summed E-state index contributed by atoms with van der Waals surface area (Å²) >= 11 is 0. The second-order valence-electron chi connectivity index (χ2n) is 4.30. The molecule has 100 valence electrons. The number of methoxy groups -OCH3 is 1. The molecule has 2 N–H and O–H groups in total. The van der Waals surface area contributed by atoms with Crippen molar-refractivity contribution in [1.82, 2.24) is 9.97 Å². The molecule has 0 bridgehead atoms. The predicted octanol–water partition coefficient (Wildman–Crippen LogP) is 0.820. The summed E-state index contributed by atoms with van der Waals surface area (Å²) in [6.45, 7) is 4.76. The summed E-state index contributed by atoms with van der Waals surface area (Å²) in [7, 11) is 1.74. The van der Waals surface area contributed by atoms with Crippen LogP contribution in [0.4, 0.5) is 11.6 Å². The number of hydrogen-bond donors (Lipinski definition) is 1. The Labute approximate surface area is 107 Å². The summed E-state index contributed by atoms with van der Waals surface area (Å²) in [5, 5.41) is 0. The molecule has 1 aromatic rings. The highest BCUT2D eigenvalue weighted by atomic mass is 16.5. The first-order valence-corrected chi connectivity index (χ1v) is 6.21. The SMILES string of the molecule is CCOCc1nc(N)cc(N2CCC(OC)C2)n1. The molecule has 1 aliphatic rings. The van der Waals surface area contributed by atoms with Crippen LogP contribution in [-0.2, 0) is 16.1 Å². The Balaban J connectivity index is 2.10. The lowest BCUT2D eigenvalue weighted by Gasteiger charge is -2.18. The van der Waals surface area contributed by atoms with Gasteiger partial charge in [-0.3, -0.25) is 0 Å². The number of hydrogen-bond acceptors (Lipinski definition) is 6. The number of nitrogens with two attached hydrogens (primary N) is 1. The van der Waals surface area contributed by atoms with E-state index in [1.807, 2.05) is 6.92 Å². The molecule has 1 aliphatic heterocycles. The van der Waals surface area contributed by atoms with Crippen LogP contribution in [0.25, 0.3) is 0 Å². The molecule has 18 heavy (non-hydrogen) atoms. The molecule has 1 fully saturated rings. The third-order valence-corrected chi connectivity index (χ3v) is 3.02. The van der Waals surface area contributed by atoms with Gasteiger partial charge in [0.05, 0.1) is 6.10 Å². The molecule has 2 heterocycles. The van der Waals surface area contributed by atoms with E-state index >= 15 is 0 Å². The van der Waals surface area contributed by atoms with E-state index in [1.165, 1.54) is 0 Å². The highest BCUT2D eigenvalue weighted by Gasteiger charge is 2.23. The standard InChI is InChI=1S/C12H20N4O2/c1-3-18-8-11-14-10(13)6-12(15-11)16-5-4-9(7-16)17-2/h6,9H,3-5,7-8H2,1-2H3,(H2,13,14,15). The van der Waals surface area contributed by atoms with Gasteiger partial charge in [-0.2, -0.15) is 0 Å². The Hall–Kier alpha value is -1.40. The molecule has 0 radical (unpaired) electrons. The highest BCUT2D eigenvalue weighted by Crippen LogP contribution is 2.21. The molecular weight excluding hydrogens is 232 g/mol. The summed E-state index contributed by atoms with van der Waals surface area (Å²) < 4.78 is 10.7. The van der Waals surface area contributed by atoms with Crippen LogP contribution in [0.5, 0.6) is 0 Å². The van der Waals surface area contributed by atoms with E-state index in [2.05, 4.69) is 14.9 Å². The molecule has 0 spiro atoms. The Morgan fingerprint density at radius 3 is 3.00 bits per heavy atom. The topological polar surface area (TPSA) is 73.5 Å². The molecule has 1 atom stereocenters. The second-order valence-corrected chi connectivity index (χ2v) is 4.30. The molecule has 6 nitrogen and oxygen atoms in total. The maximum Gasteiger partial charge on any atom is 0.158 e. The fraction of sp³-hybridized carbons (Fsp3) is 0.667. The summed E-state index contributed by atoms with van der Waals surface area (Å²) in [6.07, 6.45) is 1.29. The zero-order valence-corrected chi connectivity index (χ0v) is 10.9. The maximum absolute atomic E-state index is 5.80. The van der Waals surface area contributed by atoms with Crippen molar-refractivity contribution in [2.24, 2.45) is 0 Å². The van der Waals surface area contributed by atoms with Gasteiger partial charge in [-0.25, -0.2) is 9.97 Å². The summed E-state index contributed by atoms with van der Waals surface area (Å²) in [5.41, 5.74) is 5.80. The summed E-state index contributed by atoms with van der Waals surface area (Å²) in [5.74, 6) is 1.97. The van der Waals surface area contributed by atoms with Gasteiger partial charge in [0.15, 0.2) is 5.82 Å². The van der Waals surface area contributed by atoms with Gasteiger partial charge in [0, 0.05) is 32.9 Å². The first kappa shape index (κ1) is 13.0. The maximum atomic E-state index is 5.80. The Kier molecular flexibility index (Phi) is 4.33. The third-order valence-electron chi connectivity index (χ3n) is 3.02. The van der Waals surface area contributed by atoms with Gasteiger partial charge in [-0.1, -0.05) is 0 Å². The molecule has 0 amide bonds. The van der Waals surface area contributed by atoms with Gasteiger partial charge >= 0.3 is 0 Å². The second kappa shape index (κ2) is 5.97. The normalized spacial score (nSPS) is 19.4. The fourth-order valence-electron chi connectivity index (χ4n) is 2.05. The van der Waals surface area contributed by atoms with Crippen LogP contribution in [0.1, 0.15) is 19.2 Å². The average Bonchev–Trinajstić information content (AvgIpc) is 2.84. The van der Waals surface area contributed by atoms with Gasteiger partial charge in [-0.05, 0) is 13.3 Å². The van der Waals surface area contributed by atoms with Crippen molar-refractivity contribution in [3.8, 4) is 0 Å². The van der Waals surface area contributed by atoms with Crippen molar-refractivity contribution < 1.29 is 9.47 Å². The minimum absolute atomic E-state index is 0.275. The molecule has 1 unspecified atom stereocenters. The number of nitrogen functional groups attached to an aromatic ring is 1. The van der Waals surface area contributed by atoms with E-state index in [0.717, 1.165) is 25.3 Å². The molecule has 0 aliphatic carbocycles. The van der Waals surface area contributed by atoms with E-state index in [4.69, 9.17) is 15.2 Å². The summed E-state index contributed by atoms with van der Waals surface area (Å²) in [4.78, 5) is 10.8. The van der Waals surface area contributed by atoms with Crippen molar-refractivity contribution in [3.63, 3.8) is 0 Å². The first-order valence-electron chi connectivity index (χ1n) is 6.21. The quantitative estimate of drug-likeness (QED) is 0.836. The number of rotatable bonds is 5. The fourth-order valence-corrected chi connectivity index (χ4v) is 2.05. The van der Waals surface area contributed by atoms with Crippen LogP contribution < -0.4 is 10.6 Å². The van der Waals surface area contributed by atoms with Gasteiger partial charge in [0.2, 0.25) is 0 Å². The number of nitrogens with zero attached hydrogens (tertiary/aromatic N) is 3. The Bertz CT molecular complexity index is 400. The highest BCUT2D eigenvalue weighted by molar-refractivity contribution is 5.47. The first-order chi connectivity index (χ1) is 8.72. The molecule has 2 rings (SSSR count). The Morgan fingerprint density at radius 1 is 1.50 bits per heavy atom. The van der Waals surface area contributed by atoms with Gasteiger partial charge in [0.1, 0.15) is 18.2 Å². The van der Waals surface area contributed by atoms with Crippen LogP contribution in [0.2, 0.25) is 0 Å². The minimum Gasteiger partial charge on any atom is -0.384 e. The van der Waals surface area contributed by atoms with Crippen LogP contribution >= 0.6 is 0 Å². The van der Waals surface area contributed by atoms with Crippen molar-refractivity contribution in [3.05, 3.63) is 11.9 Å². The predicted molar refractivity (Wildman–Crippen MR) is 69.4 cm³/mol. The minimum atomic E-state index is 0.275. The monoisotopic (exact) mass is 252 g/mol. The van der Waals surface area contributed by atoms with Crippen molar-refractivity contribution >= 4 is 11.6 Å². The van der Waals surface area contributed by atoms with Gasteiger partial charge in [0.25, 0.3) is 0 Å². The lowest BCUT2D eigenvalue weighted by Crippen LogP contribution is -2.24. The van der Waals surface area contributed by atoms with E-state index in [0.29, 0.717) is 24.9 Å². The van der Waals surface area contributed by atoms with E-state index in [1.54, 1.807) is 13.2 Å². The van der Waals surface area contributed by atoms with E-state index < -0.39 is 0 Å². The molecular formula is C12H20N4O2. The van der Waals surface area contributed by atoms with Crippen molar-refractivity contribution in [2.45, 2.75) is 26.1 Å². The average molecular weight is 252 g/mol. The Morgan fingerprint density at radius 2 is 2.33 bits per heavy atom. The lowest BCUT2D eigenvalue weighted by molar-refractivity contribution is 0.121. The molecule has 1 aromatic heterocycles. The molecule has 0 saturated carbocycles. The lowest BCUT2D eigenvalue weighted by atomic mass is 10.3. The number of aromatic nitrogens is 2. The number of ether oxygens (including phenoxy) is 2. The molecule has 6 heteroatoms. The largest absolute Gasteiger partial charge is 0.384 e. The number of anilines is 2. The van der Waals surface area contributed by atoms with E-state index in [9.17, 15) is 0 Å². The van der Waals surface area contributed by atoms with Crippen LogP contribution in [0, 0.1) is 0 Å². The zero-order chi connectivity index (χ0) is 13.0. The summed E-state index contributed by atoms with van der Waals surface area (Å²) in [6, 6.07) is 1.80. The van der Waals surface area contributed by atoms with Gasteiger partial charge in [-0.15, -0.1) is 0 Å². The smallest absolute Gasteiger partial charge is 0.158 e. The third kappa shape index (κ3) is 3.08. The van der Waals surface area contributed by atoms with Crippen molar-refractivity contribution in [2.75, 3.05) is 37.4 Å². The van der Waals surface area contributed by atoms with E-state index in [-0.39, 0.29) is 6.10 Å². The zero-order valence-electron chi connectivity index (χ0n) is 10.9. The van der Waals surface area contributed by atoms with Gasteiger partial charge < -0.3 is 20.1 Å². The van der Waals surface area contributed by atoms with Crippen LogP contribution in [0.15, 0.2) is 6.07 Å². The molecule has 0 aromatic carbocycles. The molecule has 1 saturated heterocycles.